The molecule has 5 heteroatoms. The third-order valence-electron chi connectivity index (χ3n) is 2.98. The molecular formula is C13H11NO4. The number of carboxylic acids is 1. The summed E-state index contributed by atoms with van der Waals surface area (Å²) in [5.41, 5.74) is -0.316. The standard InChI is InChI=1S/C13H11NO4/c15-12(16)13(14(17)18)8-6-11(7-9-13)10-4-2-1-3-5-10/h1-8H,9H2,(H,15,16). The zero-order valence-electron chi connectivity index (χ0n) is 9.45. The molecule has 0 saturated heterocycles. The van der Waals surface area contributed by atoms with E-state index in [-0.39, 0.29) is 6.42 Å². The van der Waals surface area contributed by atoms with Crippen LogP contribution in [0.25, 0.3) is 5.57 Å². The fourth-order valence-electron chi connectivity index (χ4n) is 1.85. The summed E-state index contributed by atoms with van der Waals surface area (Å²) in [6.45, 7) is 0. The molecule has 1 aliphatic rings. The Labute approximate surface area is 103 Å². The monoisotopic (exact) mass is 245 g/mol. The lowest BCUT2D eigenvalue weighted by Gasteiger charge is -2.19. The van der Waals surface area contributed by atoms with Crippen LogP contribution in [0.1, 0.15) is 12.0 Å². The van der Waals surface area contributed by atoms with Crippen molar-refractivity contribution in [3.63, 3.8) is 0 Å². The number of carboxylic acid groups (broad SMARTS) is 1. The molecule has 92 valence electrons. The highest BCUT2D eigenvalue weighted by Gasteiger charge is 2.49. The van der Waals surface area contributed by atoms with Crippen LogP contribution in [0.4, 0.5) is 0 Å². The maximum Gasteiger partial charge on any atom is 0.387 e. The van der Waals surface area contributed by atoms with Gasteiger partial charge in [-0.05, 0) is 11.1 Å². The normalized spacial score (nSPS) is 22.3. The lowest BCUT2D eigenvalue weighted by molar-refractivity contribution is -0.540. The molecule has 0 aliphatic heterocycles. The van der Waals surface area contributed by atoms with Crippen LogP contribution in [0.5, 0.6) is 0 Å². The summed E-state index contributed by atoms with van der Waals surface area (Å²) < 4.78 is 0. The number of hydrogen-bond donors (Lipinski definition) is 1. The highest BCUT2D eigenvalue weighted by atomic mass is 16.6. The van der Waals surface area contributed by atoms with Gasteiger partial charge in [-0.3, -0.25) is 10.1 Å². The van der Waals surface area contributed by atoms with E-state index in [2.05, 4.69) is 0 Å². The van der Waals surface area contributed by atoms with E-state index >= 15 is 0 Å². The number of nitro groups is 1. The first kappa shape index (κ1) is 12.0. The summed E-state index contributed by atoms with van der Waals surface area (Å²) in [6.07, 6.45) is 4.09. The molecule has 0 saturated carbocycles. The van der Waals surface area contributed by atoms with Gasteiger partial charge in [-0.2, -0.15) is 0 Å². The number of benzene rings is 1. The number of carbonyl (C=O) groups is 1. The van der Waals surface area contributed by atoms with E-state index in [0.717, 1.165) is 17.2 Å². The minimum atomic E-state index is -2.03. The van der Waals surface area contributed by atoms with Crippen LogP contribution in [0.2, 0.25) is 0 Å². The Morgan fingerprint density at radius 3 is 2.44 bits per heavy atom. The zero-order chi connectivity index (χ0) is 13.2. The van der Waals surface area contributed by atoms with Crippen LogP contribution in [-0.2, 0) is 4.79 Å². The third-order valence-corrected chi connectivity index (χ3v) is 2.98. The maximum atomic E-state index is 11.0. The molecule has 1 N–H and O–H groups in total. The molecule has 0 aromatic heterocycles. The van der Waals surface area contributed by atoms with Gasteiger partial charge in [0, 0.05) is 11.0 Å². The Morgan fingerprint density at radius 2 is 2.00 bits per heavy atom. The molecule has 0 heterocycles. The molecule has 1 atom stereocenters. The van der Waals surface area contributed by atoms with Gasteiger partial charge < -0.3 is 5.11 Å². The van der Waals surface area contributed by atoms with Crippen molar-refractivity contribution >= 4 is 11.5 Å². The van der Waals surface area contributed by atoms with Gasteiger partial charge >= 0.3 is 11.5 Å². The average Bonchev–Trinajstić information content (AvgIpc) is 2.39. The fourth-order valence-corrected chi connectivity index (χ4v) is 1.85. The molecular weight excluding hydrogens is 234 g/mol. The Morgan fingerprint density at radius 1 is 1.33 bits per heavy atom. The van der Waals surface area contributed by atoms with Crippen LogP contribution in [0.3, 0.4) is 0 Å². The van der Waals surface area contributed by atoms with Crippen molar-refractivity contribution in [2.24, 2.45) is 0 Å². The quantitative estimate of drug-likeness (QED) is 0.653. The fraction of sp³-hybridized carbons (Fsp3) is 0.154. The van der Waals surface area contributed by atoms with Crippen LogP contribution in [-0.4, -0.2) is 21.5 Å². The summed E-state index contributed by atoms with van der Waals surface area (Å²) in [5, 5.41) is 19.9. The largest absolute Gasteiger partial charge is 0.476 e. The highest BCUT2D eigenvalue weighted by Crippen LogP contribution is 2.29. The molecule has 1 aromatic carbocycles. The molecule has 0 amide bonds. The van der Waals surface area contributed by atoms with Gasteiger partial charge in [0.05, 0.1) is 6.42 Å². The average molecular weight is 245 g/mol. The zero-order valence-corrected chi connectivity index (χ0v) is 9.45. The van der Waals surface area contributed by atoms with E-state index in [1.54, 1.807) is 6.08 Å². The molecule has 1 unspecified atom stereocenters. The molecule has 0 radical (unpaired) electrons. The van der Waals surface area contributed by atoms with E-state index < -0.39 is 16.4 Å². The highest BCUT2D eigenvalue weighted by molar-refractivity contribution is 5.85. The SMILES string of the molecule is O=C(O)C1([N+](=O)[O-])C=CC(c2ccccc2)=CC1. The first-order valence-corrected chi connectivity index (χ1v) is 5.39. The molecule has 0 fully saturated rings. The van der Waals surface area contributed by atoms with Gasteiger partial charge in [0.15, 0.2) is 0 Å². The van der Waals surface area contributed by atoms with Crippen molar-refractivity contribution in [1.29, 1.82) is 0 Å². The van der Waals surface area contributed by atoms with Crippen LogP contribution in [0, 0.1) is 10.1 Å². The van der Waals surface area contributed by atoms with E-state index in [1.807, 2.05) is 30.3 Å². The Bertz CT molecular complexity index is 531. The topological polar surface area (TPSA) is 80.4 Å². The Balaban J connectivity index is 2.31. The lowest BCUT2D eigenvalue weighted by atomic mass is 9.87. The van der Waals surface area contributed by atoms with E-state index in [1.165, 1.54) is 6.08 Å². The summed E-state index contributed by atoms with van der Waals surface area (Å²) >= 11 is 0. The van der Waals surface area contributed by atoms with Crippen molar-refractivity contribution in [3.05, 3.63) is 64.2 Å². The van der Waals surface area contributed by atoms with Crippen molar-refractivity contribution < 1.29 is 14.8 Å². The van der Waals surface area contributed by atoms with Crippen LogP contribution >= 0.6 is 0 Å². The second kappa shape index (κ2) is 4.44. The predicted octanol–water partition coefficient (Wildman–Crippen LogP) is 2.13. The molecule has 1 aromatic rings. The Kier molecular flexibility index (Phi) is 2.97. The third kappa shape index (κ3) is 1.90. The van der Waals surface area contributed by atoms with Gasteiger partial charge in [-0.25, -0.2) is 4.79 Å². The minimum Gasteiger partial charge on any atom is -0.476 e. The summed E-state index contributed by atoms with van der Waals surface area (Å²) in [4.78, 5) is 21.2. The maximum absolute atomic E-state index is 11.0. The van der Waals surface area contributed by atoms with Crippen molar-refractivity contribution in [2.75, 3.05) is 0 Å². The summed E-state index contributed by atoms with van der Waals surface area (Å²) in [7, 11) is 0. The number of allylic oxidation sites excluding steroid dienone is 2. The number of rotatable bonds is 3. The van der Waals surface area contributed by atoms with Gasteiger partial charge in [0.1, 0.15) is 0 Å². The smallest absolute Gasteiger partial charge is 0.387 e. The molecule has 0 spiro atoms. The Hall–Kier alpha value is -2.43. The van der Waals surface area contributed by atoms with E-state index in [0.29, 0.717) is 0 Å². The number of nitrogens with zero attached hydrogens (tertiary/aromatic N) is 1. The van der Waals surface area contributed by atoms with Crippen LogP contribution in [0.15, 0.2) is 48.6 Å². The summed E-state index contributed by atoms with van der Waals surface area (Å²) in [5.74, 6) is -1.44. The first-order valence-electron chi connectivity index (χ1n) is 5.39. The predicted molar refractivity (Wildman–Crippen MR) is 65.5 cm³/mol. The number of hydrogen-bond acceptors (Lipinski definition) is 3. The van der Waals surface area contributed by atoms with Gasteiger partial charge in [0.2, 0.25) is 0 Å². The van der Waals surface area contributed by atoms with Gasteiger partial charge in [-0.1, -0.05) is 42.5 Å². The molecule has 1 aliphatic carbocycles. The van der Waals surface area contributed by atoms with Gasteiger partial charge in [-0.15, -0.1) is 0 Å². The van der Waals surface area contributed by atoms with Crippen molar-refractivity contribution in [1.82, 2.24) is 0 Å². The van der Waals surface area contributed by atoms with Gasteiger partial charge in [0.25, 0.3) is 0 Å². The second-order valence-electron chi connectivity index (χ2n) is 4.05. The first-order chi connectivity index (χ1) is 8.56. The van der Waals surface area contributed by atoms with Crippen molar-refractivity contribution in [3.8, 4) is 0 Å². The van der Waals surface area contributed by atoms with Crippen molar-refractivity contribution in [2.45, 2.75) is 12.0 Å². The van der Waals surface area contributed by atoms with E-state index in [4.69, 9.17) is 5.11 Å². The molecule has 2 rings (SSSR count). The number of aliphatic carboxylic acids is 1. The summed E-state index contributed by atoms with van der Waals surface area (Å²) in [6, 6.07) is 9.33. The van der Waals surface area contributed by atoms with Crippen LogP contribution < -0.4 is 0 Å². The second-order valence-corrected chi connectivity index (χ2v) is 4.05. The lowest BCUT2D eigenvalue weighted by Crippen LogP contribution is -2.45. The molecule has 5 nitrogen and oxygen atoms in total. The van der Waals surface area contributed by atoms with E-state index in [9.17, 15) is 14.9 Å². The molecule has 18 heavy (non-hydrogen) atoms. The molecule has 0 bridgehead atoms. The minimum absolute atomic E-state index is 0.143.